The van der Waals surface area contributed by atoms with Crippen molar-refractivity contribution >= 4 is 0 Å². The molecule has 1 atom stereocenters. The molecule has 20 heavy (non-hydrogen) atoms. The third kappa shape index (κ3) is 2.72. The van der Waals surface area contributed by atoms with Crippen LogP contribution in [-0.2, 0) is 6.54 Å². The Morgan fingerprint density at radius 1 is 1.45 bits per heavy atom. The summed E-state index contributed by atoms with van der Waals surface area (Å²) in [5.74, 6) is 1.73. The predicted molar refractivity (Wildman–Crippen MR) is 78.0 cm³/mol. The summed E-state index contributed by atoms with van der Waals surface area (Å²) >= 11 is 0. The number of nitrogens with one attached hydrogen (secondary N) is 1. The van der Waals surface area contributed by atoms with E-state index in [1.54, 1.807) is 19.6 Å². The Kier molecular flexibility index (Phi) is 4.84. The van der Waals surface area contributed by atoms with Crippen molar-refractivity contribution in [3.63, 3.8) is 0 Å². The van der Waals surface area contributed by atoms with E-state index in [1.165, 1.54) is 0 Å². The molecule has 2 rings (SSSR count). The average molecular weight is 277 g/mol. The summed E-state index contributed by atoms with van der Waals surface area (Å²) in [4.78, 5) is 0. The van der Waals surface area contributed by atoms with Crippen LogP contribution in [-0.4, -0.2) is 23.4 Å². The molecule has 2 heterocycles. The van der Waals surface area contributed by atoms with Gasteiger partial charge in [-0.15, -0.1) is 0 Å². The molecule has 0 aromatic carbocycles. The van der Waals surface area contributed by atoms with E-state index in [9.17, 15) is 0 Å². The Bertz CT molecular complexity index is 545. The second kappa shape index (κ2) is 6.61. The van der Waals surface area contributed by atoms with E-state index in [-0.39, 0.29) is 6.04 Å². The summed E-state index contributed by atoms with van der Waals surface area (Å²) in [6.07, 6.45) is 4.54. The van der Waals surface area contributed by atoms with Gasteiger partial charge in [-0.2, -0.15) is 5.10 Å². The van der Waals surface area contributed by atoms with Crippen LogP contribution in [0.15, 0.2) is 22.9 Å². The molecule has 5 nitrogen and oxygen atoms in total. The highest BCUT2D eigenvalue weighted by molar-refractivity contribution is 5.37. The predicted octanol–water partition coefficient (Wildman–Crippen LogP) is 2.90. The molecule has 1 unspecified atom stereocenters. The lowest BCUT2D eigenvalue weighted by atomic mass is 10.0. The zero-order chi connectivity index (χ0) is 14.5. The van der Waals surface area contributed by atoms with Gasteiger partial charge in [0.1, 0.15) is 11.5 Å². The maximum Gasteiger partial charge on any atom is 0.161 e. The lowest BCUT2D eigenvalue weighted by molar-refractivity contribution is 0.397. The van der Waals surface area contributed by atoms with Crippen LogP contribution in [0.2, 0.25) is 0 Å². The number of ether oxygens (including phenoxy) is 1. The van der Waals surface area contributed by atoms with Crippen LogP contribution in [0.1, 0.15) is 43.3 Å². The minimum absolute atomic E-state index is 0.0303. The van der Waals surface area contributed by atoms with Gasteiger partial charge in [0.25, 0.3) is 0 Å². The van der Waals surface area contributed by atoms with Crippen LogP contribution in [0.5, 0.6) is 5.75 Å². The van der Waals surface area contributed by atoms with Crippen LogP contribution in [0, 0.1) is 6.92 Å². The van der Waals surface area contributed by atoms with Gasteiger partial charge in [0.2, 0.25) is 0 Å². The number of methoxy groups -OCH3 is 1. The summed E-state index contributed by atoms with van der Waals surface area (Å²) < 4.78 is 12.9. The number of hydrogen-bond donors (Lipinski definition) is 1. The Morgan fingerprint density at radius 3 is 2.80 bits per heavy atom. The third-order valence-corrected chi connectivity index (χ3v) is 3.39. The summed E-state index contributed by atoms with van der Waals surface area (Å²) in [5.41, 5.74) is 2.18. The fourth-order valence-electron chi connectivity index (χ4n) is 2.47. The van der Waals surface area contributed by atoms with Gasteiger partial charge in [0, 0.05) is 12.1 Å². The monoisotopic (exact) mass is 277 g/mol. The first-order valence-electron chi connectivity index (χ1n) is 7.09. The van der Waals surface area contributed by atoms with Gasteiger partial charge < -0.3 is 14.5 Å². The molecule has 0 saturated heterocycles. The van der Waals surface area contributed by atoms with Crippen LogP contribution < -0.4 is 10.1 Å². The Balaban J connectivity index is 2.48. The van der Waals surface area contributed by atoms with Crippen molar-refractivity contribution in [2.24, 2.45) is 0 Å². The number of furan rings is 1. The highest BCUT2D eigenvalue weighted by Crippen LogP contribution is 2.32. The molecule has 2 aromatic heterocycles. The summed E-state index contributed by atoms with van der Waals surface area (Å²) in [6, 6.07) is 2.04. The molecule has 0 aliphatic carbocycles. The molecule has 0 aliphatic rings. The van der Waals surface area contributed by atoms with Crippen LogP contribution >= 0.6 is 0 Å². The van der Waals surface area contributed by atoms with Gasteiger partial charge in [-0.05, 0) is 26.0 Å². The van der Waals surface area contributed by atoms with E-state index in [0.29, 0.717) is 0 Å². The first kappa shape index (κ1) is 14.7. The highest BCUT2D eigenvalue weighted by Gasteiger charge is 2.25. The molecule has 0 radical (unpaired) electrons. The molecular formula is C15H23N3O2. The van der Waals surface area contributed by atoms with Crippen molar-refractivity contribution in [3.8, 4) is 5.75 Å². The minimum Gasteiger partial charge on any atom is -0.493 e. The molecule has 0 spiro atoms. The Hall–Kier alpha value is -1.75. The van der Waals surface area contributed by atoms with E-state index < -0.39 is 0 Å². The van der Waals surface area contributed by atoms with Gasteiger partial charge in [0.15, 0.2) is 5.75 Å². The molecular weight excluding hydrogens is 254 g/mol. The van der Waals surface area contributed by atoms with Crippen LogP contribution in [0.4, 0.5) is 0 Å². The quantitative estimate of drug-likeness (QED) is 0.845. The van der Waals surface area contributed by atoms with Crippen molar-refractivity contribution in [3.05, 3.63) is 35.5 Å². The first-order valence-corrected chi connectivity index (χ1v) is 7.09. The van der Waals surface area contributed by atoms with Crippen molar-refractivity contribution in [2.45, 2.75) is 39.8 Å². The molecule has 5 heteroatoms. The summed E-state index contributed by atoms with van der Waals surface area (Å²) in [6.45, 7) is 7.94. The summed E-state index contributed by atoms with van der Waals surface area (Å²) in [5, 5.41) is 7.94. The van der Waals surface area contributed by atoms with E-state index in [2.05, 4.69) is 24.3 Å². The topological polar surface area (TPSA) is 52.2 Å². The van der Waals surface area contributed by atoms with Crippen LogP contribution in [0.25, 0.3) is 0 Å². The van der Waals surface area contributed by atoms with Gasteiger partial charge in [0.05, 0.1) is 25.6 Å². The fraction of sp³-hybridized carbons (Fsp3) is 0.533. The number of nitrogens with zero attached hydrogens (tertiary/aromatic N) is 2. The fourth-order valence-corrected chi connectivity index (χ4v) is 2.47. The molecule has 2 aromatic rings. The van der Waals surface area contributed by atoms with Crippen molar-refractivity contribution in [2.75, 3.05) is 13.7 Å². The number of aromatic nitrogens is 2. The minimum atomic E-state index is 0.0303. The zero-order valence-electron chi connectivity index (χ0n) is 12.6. The van der Waals surface area contributed by atoms with E-state index in [0.717, 1.165) is 42.3 Å². The highest BCUT2D eigenvalue weighted by atomic mass is 16.5. The van der Waals surface area contributed by atoms with Gasteiger partial charge >= 0.3 is 0 Å². The number of aryl methyl sites for hydroxylation is 2. The maximum atomic E-state index is 5.48. The zero-order valence-corrected chi connectivity index (χ0v) is 12.6. The second-order valence-corrected chi connectivity index (χ2v) is 4.74. The van der Waals surface area contributed by atoms with E-state index in [1.807, 2.05) is 17.7 Å². The standard InChI is InChI=1S/C15H23N3O2/c1-5-8-18-15(13(19-4)10-17-18)14(16-6-2)12-7-9-20-11(12)3/h7,9-10,14,16H,5-6,8H2,1-4H3. The molecule has 0 bridgehead atoms. The SMILES string of the molecule is CCCn1ncc(OC)c1C(NCC)c1ccoc1C. The normalized spacial score (nSPS) is 12.6. The van der Waals surface area contributed by atoms with Crippen molar-refractivity contribution in [1.82, 2.24) is 15.1 Å². The van der Waals surface area contributed by atoms with Gasteiger partial charge in [-0.1, -0.05) is 13.8 Å². The lowest BCUT2D eigenvalue weighted by Crippen LogP contribution is -2.25. The maximum absolute atomic E-state index is 5.48. The smallest absolute Gasteiger partial charge is 0.161 e. The first-order chi connectivity index (χ1) is 9.72. The van der Waals surface area contributed by atoms with Crippen molar-refractivity contribution < 1.29 is 9.15 Å². The second-order valence-electron chi connectivity index (χ2n) is 4.74. The molecule has 110 valence electrons. The molecule has 0 saturated carbocycles. The number of hydrogen-bond acceptors (Lipinski definition) is 4. The lowest BCUT2D eigenvalue weighted by Gasteiger charge is -2.20. The number of rotatable bonds is 7. The molecule has 0 amide bonds. The van der Waals surface area contributed by atoms with Gasteiger partial charge in [-0.25, -0.2) is 0 Å². The third-order valence-electron chi connectivity index (χ3n) is 3.39. The molecule has 0 fully saturated rings. The largest absolute Gasteiger partial charge is 0.493 e. The Labute approximate surface area is 119 Å². The van der Waals surface area contributed by atoms with E-state index >= 15 is 0 Å². The van der Waals surface area contributed by atoms with Gasteiger partial charge in [-0.3, -0.25) is 4.68 Å². The van der Waals surface area contributed by atoms with E-state index in [4.69, 9.17) is 9.15 Å². The van der Waals surface area contributed by atoms with Crippen molar-refractivity contribution in [1.29, 1.82) is 0 Å². The average Bonchev–Trinajstić information content (AvgIpc) is 3.03. The Morgan fingerprint density at radius 2 is 2.25 bits per heavy atom. The van der Waals surface area contributed by atoms with Crippen LogP contribution in [0.3, 0.4) is 0 Å². The molecule has 0 aliphatic heterocycles. The summed E-state index contributed by atoms with van der Waals surface area (Å²) in [7, 11) is 1.68. The molecule has 1 N–H and O–H groups in total.